The van der Waals surface area contributed by atoms with Crippen molar-refractivity contribution in [3.8, 4) is 0 Å². The minimum atomic E-state index is -0.627. The van der Waals surface area contributed by atoms with E-state index in [1.807, 2.05) is 0 Å². The van der Waals surface area contributed by atoms with Gasteiger partial charge in [0.2, 0.25) is 0 Å². The summed E-state index contributed by atoms with van der Waals surface area (Å²) in [6, 6.07) is 1.25. The molecule has 2 saturated heterocycles. The van der Waals surface area contributed by atoms with Crippen molar-refractivity contribution in [3.05, 3.63) is 0 Å². The van der Waals surface area contributed by atoms with E-state index in [4.69, 9.17) is 4.74 Å². The molecule has 0 radical (unpaired) electrons. The molecule has 2 aliphatic heterocycles. The Bertz CT molecular complexity index is 264. The third-order valence-corrected chi connectivity index (χ3v) is 4.17. The van der Waals surface area contributed by atoms with Crippen LogP contribution in [0.1, 0.15) is 27.7 Å². The molecule has 100 valence electrons. The van der Waals surface area contributed by atoms with Gasteiger partial charge in [0.15, 0.2) is 0 Å². The van der Waals surface area contributed by atoms with Gasteiger partial charge in [-0.25, -0.2) is 0 Å². The molecular formula is C13H26N2O2. The molecule has 0 saturated carbocycles. The Kier molecular flexibility index (Phi) is 3.78. The van der Waals surface area contributed by atoms with Gasteiger partial charge in [0.1, 0.15) is 5.60 Å². The van der Waals surface area contributed by atoms with Crippen molar-refractivity contribution >= 4 is 0 Å². The van der Waals surface area contributed by atoms with Gasteiger partial charge >= 0.3 is 0 Å². The van der Waals surface area contributed by atoms with Crippen LogP contribution in [0.5, 0.6) is 0 Å². The standard InChI is InChI=1S/C13H26N2O2/c1-10(2)14-5-6-15(11(3)4)12(7-14)13(16)8-17-9-13/h10-12,16H,5-9H2,1-4H3/t12-/m0/s1. The van der Waals surface area contributed by atoms with Crippen LogP contribution in [0.4, 0.5) is 0 Å². The van der Waals surface area contributed by atoms with E-state index in [-0.39, 0.29) is 6.04 Å². The number of piperazine rings is 1. The van der Waals surface area contributed by atoms with E-state index < -0.39 is 5.60 Å². The zero-order chi connectivity index (χ0) is 12.6. The van der Waals surface area contributed by atoms with Crippen LogP contribution in [0.3, 0.4) is 0 Å². The second-order valence-electron chi connectivity index (χ2n) is 6.03. The third-order valence-electron chi connectivity index (χ3n) is 4.17. The van der Waals surface area contributed by atoms with Crippen LogP contribution in [-0.2, 0) is 4.74 Å². The molecule has 0 spiro atoms. The van der Waals surface area contributed by atoms with Gasteiger partial charge in [-0.15, -0.1) is 0 Å². The Morgan fingerprint density at radius 3 is 2.18 bits per heavy atom. The fourth-order valence-corrected chi connectivity index (χ4v) is 2.89. The molecule has 17 heavy (non-hydrogen) atoms. The smallest absolute Gasteiger partial charge is 0.128 e. The number of hydrogen-bond donors (Lipinski definition) is 1. The van der Waals surface area contributed by atoms with Gasteiger partial charge in [-0.2, -0.15) is 0 Å². The first-order valence-electron chi connectivity index (χ1n) is 6.74. The van der Waals surface area contributed by atoms with E-state index in [0.29, 0.717) is 25.3 Å². The molecule has 0 aromatic rings. The van der Waals surface area contributed by atoms with Crippen LogP contribution in [0.2, 0.25) is 0 Å². The molecule has 4 nitrogen and oxygen atoms in total. The number of nitrogens with zero attached hydrogens (tertiary/aromatic N) is 2. The molecule has 0 unspecified atom stereocenters. The Balaban J connectivity index is 2.10. The lowest BCUT2D eigenvalue weighted by Crippen LogP contribution is -2.71. The first-order chi connectivity index (χ1) is 7.94. The van der Waals surface area contributed by atoms with E-state index in [2.05, 4.69) is 37.5 Å². The molecule has 0 aromatic carbocycles. The molecule has 0 amide bonds. The number of aliphatic hydroxyl groups is 1. The highest BCUT2D eigenvalue weighted by atomic mass is 16.5. The minimum absolute atomic E-state index is 0.215. The van der Waals surface area contributed by atoms with Gasteiger partial charge in [-0.1, -0.05) is 0 Å². The molecule has 2 heterocycles. The molecule has 1 N–H and O–H groups in total. The topological polar surface area (TPSA) is 35.9 Å². The van der Waals surface area contributed by atoms with Crippen LogP contribution in [0, 0.1) is 0 Å². The van der Waals surface area contributed by atoms with Crippen LogP contribution < -0.4 is 0 Å². The summed E-state index contributed by atoms with van der Waals surface area (Å²) in [6.07, 6.45) is 0. The number of ether oxygens (including phenoxy) is 1. The molecule has 2 fully saturated rings. The summed E-state index contributed by atoms with van der Waals surface area (Å²) >= 11 is 0. The van der Waals surface area contributed by atoms with E-state index >= 15 is 0 Å². The Morgan fingerprint density at radius 1 is 1.12 bits per heavy atom. The van der Waals surface area contributed by atoms with Gasteiger partial charge in [0.25, 0.3) is 0 Å². The monoisotopic (exact) mass is 242 g/mol. The highest BCUT2D eigenvalue weighted by molar-refractivity contribution is 5.02. The number of rotatable bonds is 3. The normalized spacial score (nSPS) is 30.9. The van der Waals surface area contributed by atoms with Crippen molar-refractivity contribution in [3.63, 3.8) is 0 Å². The summed E-state index contributed by atoms with van der Waals surface area (Å²) in [7, 11) is 0. The molecule has 0 bridgehead atoms. The van der Waals surface area contributed by atoms with Crippen molar-refractivity contribution in [1.29, 1.82) is 0 Å². The number of hydrogen-bond acceptors (Lipinski definition) is 4. The van der Waals surface area contributed by atoms with Gasteiger partial charge in [0, 0.05) is 31.7 Å². The van der Waals surface area contributed by atoms with Gasteiger partial charge < -0.3 is 9.84 Å². The van der Waals surface area contributed by atoms with E-state index in [1.165, 1.54) is 0 Å². The van der Waals surface area contributed by atoms with Crippen LogP contribution in [0.15, 0.2) is 0 Å². The Hall–Kier alpha value is -0.160. The molecule has 2 aliphatic rings. The molecular weight excluding hydrogens is 216 g/mol. The summed E-state index contributed by atoms with van der Waals surface area (Å²) in [4.78, 5) is 4.89. The molecule has 2 rings (SSSR count). The van der Waals surface area contributed by atoms with Crippen LogP contribution in [0.25, 0.3) is 0 Å². The lowest BCUT2D eigenvalue weighted by molar-refractivity contribution is -0.224. The van der Waals surface area contributed by atoms with E-state index in [0.717, 1.165) is 19.6 Å². The van der Waals surface area contributed by atoms with Gasteiger partial charge in [0.05, 0.1) is 19.3 Å². The summed E-state index contributed by atoms with van der Waals surface area (Å²) < 4.78 is 5.22. The van der Waals surface area contributed by atoms with Crippen molar-refractivity contribution in [1.82, 2.24) is 9.80 Å². The Morgan fingerprint density at radius 2 is 1.76 bits per heavy atom. The van der Waals surface area contributed by atoms with Crippen molar-refractivity contribution in [2.45, 2.75) is 51.4 Å². The van der Waals surface area contributed by atoms with Crippen LogP contribution >= 0.6 is 0 Å². The average molecular weight is 242 g/mol. The predicted octanol–water partition coefficient (Wildman–Crippen LogP) is 0.551. The molecule has 0 aliphatic carbocycles. The molecule has 0 aromatic heterocycles. The summed E-state index contributed by atoms with van der Waals surface area (Å²) in [6.45, 7) is 13.0. The Labute approximate surface area is 105 Å². The van der Waals surface area contributed by atoms with Crippen molar-refractivity contribution in [2.75, 3.05) is 32.8 Å². The zero-order valence-corrected chi connectivity index (χ0v) is 11.5. The first kappa shape index (κ1) is 13.3. The quantitative estimate of drug-likeness (QED) is 0.784. The average Bonchev–Trinajstić information content (AvgIpc) is 2.24. The molecule has 1 atom stereocenters. The van der Waals surface area contributed by atoms with E-state index in [1.54, 1.807) is 0 Å². The fraction of sp³-hybridized carbons (Fsp3) is 1.00. The maximum atomic E-state index is 10.6. The van der Waals surface area contributed by atoms with Crippen molar-refractivity contribution < 1.29 is 9.84 Å². The second-order valence-corrected chi connectivity index (χ2v) is 6.03. The van der Waals surface area contributed by atoms with E-state index in [9.17, 15) is 5.11 Å². The summed E-state index contributed by atoms with van der Waals surface area (Å²) in [5.74, 6) is 0. The highest BCUT2D eigenvalue weighted by Gasteiger charge is 2.49. The SMILES string of the molecule is CC(C)N1CCN(C(C)C)[C@H](C2(O)COC2)C1. The van der Waals surface area contributed by atoms with Gasteiger partial charge in [-0.05, 0) is 27.7 Å². The minimum Gasteiger partial charge on any atom is -0.383 e. The maximum Gasteiger partial charge on any atom is 0.128 e. The summed E-state index contributed by atoms with van der Waals surface area (Å²) in [5.41, 5.74) is -0.627. The summed E-state index contributed by atoms with van der Waals surface area (Å²) in [5, 5.41) is 10.6. The zero-order valence-electron chi connectivity index (χ0n) is 11.5. The largest absolute Gasteiger partial charge is 0.383 e. The molecule has 4 heteroatoms. The predicted molar refractivity (Wildman–Crippen MR) is 68.1 cm³/mol. The maximum absolute atomic E-state index is 10.6. The van der Waals surface area contributed by atoms with Crippen molar-refractivity contribution in [2.24, 2.45) is 0 Å². The van der Waals surface area contributed by atoms with Gasteiger partial charge in [-0.3, -0.25) is 9.80 Å². The lowest BCUT2D eigenvalue weighted by atomic mass is 9.88. The van der Waals surface area contributed by atoms with Crippen LogP contribution in [-0.4, -0.2) is 71.5 Å². The first-order valence-corrected chi connectivity index (χ1v) is 6.74. The third kappa shape index (κ3) is 2.50. The fourth-order valence-electron chi connectivity index (χ4n) is 2.89. The highest BCUT2D eigenvalue weighted by Crippen LogP contribution is 2.29. The lowest BCUT2D eigenvalue weighted by Gasteiger charge is -2.53. The second kappa shape index (κ2) is 4.84.